The predicted molar refractivity (Wildman–Crippen MR) is 71.3 cm³/mol. The molecule has 0 amide bonds. The topological polar surface area (TPSA) is 9.23 Å². The normalized spacial score (nSPS) is 10.3. The molecule has 86 valence electrons. The van der Waals surface area contributed by atoms with Crippen molar-refractivity contribution >= 4 is 13.3 Å². The Labute approximate surface area is 102 Å². The molecule has 2 aromatic carbocycles. The molecule has 0 aromatic heterocycles. The highest BCUT2D eigenvalue weighted by molar-refractivity contribution is 6.34. The van der Waals surface area contributed by atoms with E-state index >= 15 is 0 Å². The van der Waals surface area contributed by atoms with Crippen molar-refractivity contribution in [3.63, 3.8) is 0 Å². The average molecular weight is 228 g/mol. The van der Waals surface area contributed by atoms with Crippen molar-refractivity contribution in [1.29, 1.82) is 0 Å². The molecule has 0 saturated heterocycles. The first-order valence-electron chi connectivity index (χ1n) is 5.54. The highest BCUT2D eigenvalue weighted by atomic mass is 19.1. The van der Waals surface area contributed by atoms with Gasteiger partial charge in [-0.25, -0.2) is 4.39 Å². The lowest BCUT2D eigenvalue weighted by atomic mass is 9.89. The number of aryl methyl sites for hydroxylation is 1. The quantitative estimate of drug-likeness (QED) is 0.715. The van der Waals surface area contributed by atoms with Crippen LogP contribution in [-0.4, -0.2) is 15.0 Å². The number of rotatable bonds is 2. The molecule has 1 nitrogen and oxygen atoms in total. The second-order valence-corrected chi connectivity index (χ2v) is 4.09. The summed E-state index contributed by atoms with van der Waals surface area (Å²) >= 11 is 0. The molecule has 0 N–H and O–H groups in total. The smallest absolute Gasteiger partial charge is 0.144 e. The van der Waals surface area contributed by atoms with Gasteiger partial charge in [0.05, 0.1) is 7.11 Å². The second-order valence-electron chi connectivity index (χ2n) is 4.09. The van der Waals surface area contributed by atoms with Crippen LogP contribution in [0.25, 0.3) is 11.1 Å². The third-order valence-electron chi connectivity index (χ3n) is 2.91. The van der Waals surface area contributed by atoms with Crippen LogP contribution in [0.2, 0.25) is 0 Å². The van der Waals surface area contributed by atoms with Gasteiger partial charge in [-0.2, -0.15) is 0 Å². The fourth-order valence-electron chi connectivity index (χ4n) is 2.09. The molecule has 0 aliphatic carbocycles. The number of hydrogen-bond acceptors (Lipinski definition) is 1. The van der Waals surface area contributed by atoms with E-state index in [1.165, 1.54) is 6.07 Å². The van der Waals surface area contributed by atoms with E-state index in [4.69, 9.17) is 4.74 Å². The minimum atomic E-state index is -0.214. The Bertz CT molecular complexity index is 532. The molecule has 0 spiro atoms. The van der Waals surface area contributed by atoms with Crippen LogP contribution in [-0.2, 0) is 0 Å². The zero-order valence-electron chi connectivity index (χ0n) is 10.3. The molecule has 2 aromatic rings. The summed E-state index contributed by atoms with van der Waals surface area (Å²) in [6.45, 7) is 1.90. The molecule has 3 heteroatoms. The zero-order chi connectivity index (χ0) is 12.4. The van der Waals surface area contributed by atoms with Gasteiger partial charge in [-0.05, 0) is 24.0 Å². The maximum absolute atomic E-state index is 13.9. The molecule has 0 saturated carbocycles. The fourth-order valence-corrected chi connectivity index (χ4v) is 2.09. The number of para-hydroxylation sites is 1. The fraction of sp³-hybridized carbons (Fsp3) is 0.143. The van der Waals surface area contributed by atoms with Crippen LogP contribution in [0.1, 0.15) is 5.56 Å². The van der Waals surface area contributed by atoms with Gasteiger partial charge < -0.3 is 4.74 Å². The molecular formula is C14H14BFO. The maximum atomic E-state index is 13.9. The van der Waals surface area contributed by atoms with Crippen molar-refractivity contribution in [2.24, 2.45) is 0 Å². The first-order chi connectivity index (χ1) is 8.15. The van der Waals surface area contributed by atoms with Gasteiger partial charge in [-0.3, -0.25) is 0 Å². The lowest BCUT2D eigenvalue weighted by Crippen LogP contribution is -2.08. The van der Waals surface area contributed by atoms with Crippen molar-refractivity contribution in [3.8, 4) is 16.9 Å². The highest BCUT2D eigenvalue weighted by Gasteiger charge is 2.13. The predicted octanol–water partition coefficient (Wildman–Crippen LogP) is 2.07. The van der Waals surface area contributed by atoms with Gasteiger partial charge in [0.1, 0.15) is 19.4 Å². The van der Waals surface area contributed by atoms with Gasteiger partial charge in [-0.15, -0.1) is 0 Å². The Morgan fingerprint density at radius 1 is 1.12 bits per heavy atom. The van der Waals surface area contributed by atoms with Crippen molar-refractivity contribution in [2.45, 2.75) is 6.92 Å². The van der Waals surface area contributed by atoms with E-state index in [1.807, 2.05) is 39.0 Å². The van der Waals surface area contributed by atoms with E-state index in [-0.39, 0.29) is 5.82 Å². The molecule has 0 aliphatic heterocycles. The standard InChI is InChI=1S/C14H14BFO/c1-9-5-3-8-12(16)13(9)10-6-4-7-11(15)14(10)17-2/h3-8H,15H2,1-2H3. The summed E-state index contributed by atoms with van der Waals surface area (Å²) in [5, 5.41) is 0. The lowest BCUT2D eigenvalue weighted by molar-refractivity contribution is 0.419. The third kappa shape index (κ3) is 2.05. The van der Waals surface area contributed by atoms with Crippen LogP contribution in [0.3, 0.4) is 0 Å². The molecule has 0 atom stereocenters. The average Bonchev–Trinajstić information content (AvgIpc) is 2.29. The molecule has 0 fully saturated rings. The SMILES string of the molecule is Bc1cccc(-c2c(C)cccc2F)c1OC. The maximum Gasteiger partial charge on any atom is 0.144 e. The van der Waals surface area contributed by atoms with Crippen LogP contribution in [0.5, 0.6) is 5.75 Å². The Hall–Kier alpha value is -1.77. The van der Waals surface area contributed by atoms with Gasteiger partial charge in [-0.1, -0.05) is 30.3 Å². The molecule has 0 radical (unpaired) electrons. The highest BCUT2D eigenvalue weighted by Crippen LogP contribution is 2.32. The number of methoxy groups -OCH3 is 1. The molecule has 0 aliphatic rings. The van der Waals surface area contributed by atoms with Crippen LogP contribution in [0.15, 0.2) is 36.4 Å². The Morgan fingerprint density at radius 3 is 2.47 bits per heavy atom. The van der Waals surface area contributed by atoms with E-state index in [1.54, 1.807) is 13.2 Å². The first-order valence-corrected chi connectivity index (χ1v) is 5.54. The second kappa shape index (κ2) is 4.62. The summed E-state index contributed by atoms with van der Waals surface area (Å²) in [5.74, 6) is 0.523. The van der Waals surface area contributed by atoms with Gasteiger partial charge in [0.2, 0.25) is 0 Å². The van der Waals surface area contributed by atoms with Crippen molar-refractivity contribution in [3.05, 3.63) is 47.8 Å². The van der Waals surface area contributed by atoms with Crippen LogP contribution >= 0.6 is 0 Å². The number of ether oxygens (including phenoxy) is 1. The van der Waals surface area contributed by atoms with Crippen molar-refractivity contribution in [1.82, 2.24) is 0 Å². The van der Waals surface area contributed by atoms with Gasteiger partial charge >= 0.3 is 0 Å². The van der Waals surface area contributed by atoms with E-state index in [2.05, 4.69) is 0 Å². The first kappa shape index (κ1) is 11.7. The third-order valence-corrected chi connectivity index (χ3v) is 2.91. The lowest BCUT2D eigenvalue weighted by Gasteiger charge is -2.14. The summed E-state index contributed by atoms with van der Waals surface area (Å²) < 4.78 is 19.3. The van der Waals surface area contributed by atoms with E-state index in [0.717, 1.165) is 22.3 Å². The van der Waals surface area contributed by atoms with Gasteiger partial charge in [0, 0.05) is 11.1 Å². The van der Waals surface area contributed by atoms with E-state index in [9.17, 15) is 4.39 Å². The van der Waals surface area contributed by atoms with Crippen LogP contribution in [0.4, 0.5) is 4.39 Å². The molecule has 17 heavy (non-hydrogen) atoms. The summed E-state index contributed by atoms with van der Waals surface area (Å²) in [6, 6.07) is 10.9. The zero-order valence-corrected chi connectivity index (χ0v) is 10.3. The molecule has 0 heterocycles. The van der Waals surface area contributed by atoms with Crippen molar-refractivity contribution in [2.75, 3.05) is 7.11 Å². The minimum Gasteiger partial charge on any atom is -0.497 e. The summed E-state index contributed by atoms with van der Waals surface area (Å²) in [7, 11) is 3.57. The Morgan fingerprint density at radius 2 is 1.82 bits per heavy atom. The number of hydrogen-bond donors (Lipinski definition) is 0. The summed E-state index contributed by atoms with van der Waals surface area (Å²) in [6.07, 6.45) is 0. The number of halogens is 1. The largest absolute Gasteiger partial charge is 0.497 e. The summed E-state index contributed by atoms with van der Waals surface area (Å²) in [4.78, 5) is 0. The molecule has 2 rings (SSSR count). The monoisotopic (exact) mass is 228 g/mol. The molecule has 0 bridgehead atoms. The van der Waals surface area contributed by atoms with E-state index < -0.39 is 0 Å². The van der Waals surface area contributed by atoms with Crippen LogP contribution in [0, 0.1) is 12.7 Å². The Balaban J connectivity index is 2.73. The number of benzene rings is 2. The van der Waals surface area contributed by atoms with Crippen molar-refractivity contribution < 1.29 is 9.13 Å². The van der Waals surface area contributed by atoms with Gasteiger partial charge in [0.15, 0.2) is 0 Å². The Kier molecular flexibility index (Phi) is 3.18. The molecular weight excluding hydrogens is 214 g/mol. The van der Waals surface area contributed by atoms with E-state index in [0.29, 0.717) is 5.56 Å². The van der Waals surface area contributed by atoms with Gasteiger partial charge in [0.25, 0.3) is 0 Å². The minimum absolute atomic E-state index is 0.214. The van der Waals surface area contributed by atoms with Crippen LogP contribution < -0.4 is 10.2 Å². The summed E-state index contributed by atoms with van der Waals surface area (Å²) in [5.41, 5.74) is 3.35. The molecule has 0 unspecified atom stereocenters.